The van der Waals surface area contributed by atoms with Gasteiger partial charge in [0.15, 0.2) is 0 Å². The molecule has 0 spiro atoms. The van der Waals surface area contributed by atoms with Crippen LogP contribution in [0, 0.1) is 6.92 Å². The zero-order chi connectivity index (χ0) is 18.3. The molecule has 4 rings (SSSR count). The van der Waals surface area contributed by atoms with Gasteiger partial charge in [-0.3, -0.25) is 9.89 Å². The number of para-hydroxylation sites is 1. The lowest BCUT2D eigenvalue weighted by molar-refractivity contribution is 0.0731. The molecular weight excluding hydrogens is 350 g/mol. The summed E-state index contributed by atoms with van der Waals surface area (Å²) in [4.78, 5) is 14.7. The van der Waals surface area contributed by atoms with Gasteiger partial charge in [-0.2, -0.15) is 5.10 Å². The highest BCUT2D eigenvalue weighted by Gasteiger charge is 2.27. The molecule has 0 atom stereocenters. The van der Waals surface area contributed by atoms with Crippen LogP contribution in [-0.4, -0.2) is 32.7 Å². The van der Waals surface area contributed by atoms with Gasteiger partial charge in [0.05, 0.1) is 11.3 Å². The number of fused-ring (bicyclic) bond motifs is 1. The highest BCUT2D eigenvalue weighted by molar-refractivity contribution is 6.30. The van der Waals surface area contributed by atoms with Gasteiger partial charge in [-0.25, -0.2) is 0 Å². The number of nitrogens with zero attached hydrogens (tertiary/aromatic N) is 2. The van der Waals surface area contributed by atoms with Gasteiger partial charge >= 0.3 is 0 Å². The van der Waals surface area contributed by atoms with Crippen LogP contribution >= 0.6 is 11.6 Å². The smallest absolute Gasteiger partial charge is 0.257 e. The van der Waals surface area contributed by atoms with Crippen molar-refractivity contribution in [1.82, 2.24) is 15.1 Å². The summed E-state index contributed by atoms with van der Waals surface area (Å²) in [7, 11) is 0. The summed E-state index contributed by atoms with van der Waals surface area (Å²) in [6.07, 6.45) is 0.703. The van der Waals surface area contributed by atoms with E-state index in [0.717, 1.165) is 22.5 Å². The zero-order valence-corrected chi connectivity index (χ0v) is 15.0. The molecule has 5 nitrogen and oxygen atoms in total. The Balaban J connectivity index is 1.65. The molecule has 0 saturated heterocycles. The molecule has 2 N–H and O–H groups in total. The third-order valence-corrected chi connectivity index (χ3v) is 5.06. The fourth-order valence-corrected chi connectivity index (χ4v) is 3.44. The maximum atomic E-state index is 12.9. The van der Waals surface area contributed by atoms with Gasteiger partial charge in [-0.05, 0) is 30.7 Å². The van der Waals surface area contributed by atoms with E-state index in [0.29, 0.717) is 35.7 Å². The normalized spacial score (nSPS) is 13.5. The molecule has 0 aliphatic carbocycles. The van der Waals surface area contributed by atoms with Crippen LogP contribution in [0.25, 0.3) is 11.3 Å². The number of aromatic amines is 1. The molecule has 0 fully saturated rings. The third kappa shape index (κ3) is 2.84. The second-order valence-electron chi connectivity index (χ2n) is 6.48. The molecule has 26 heavy (non-hydrogen) atoms. The summed E-state index contributed by atoms with van der Waals surface area (Å²) in [6, 6.07) is 12.7. The van der Waals surface area contributed by atoms with Gasteiger partial charge in [-0.15, -0.1) is 0 Å². The molecular formula is C20H18ClN3O2. The summed E-state index contributed by atoms with van der Waals surface area (Å²) in [5.74, 6) is -0.117. The highest BCUT2D eigenvalue weighted by atomic mass is 35.5. The van der Waals surface area contributed by atoms with E-state index in [9.17, 15) is 9.90 Å². The van der Waals surface area contributed by atoms with Crippen molar-refractivity contribution in [2.24, 2.45) is 0 Å². The summed E-state index contributed by atoms with van der Waals surface area (Å²) in [5.41, 5.74) is 4.89. The van der Waals surface area contributed by atoms with Gasteiger partial charge in [0.2, 0.25) is 0 Å². The summed E-state index contributed by atoms with van der Waals surface area (Å²) in [6.45, 7) is 2.83. The van der Waals surface area contributed by atoms with Crippen LogP contribution in [0.2, 0.25) is 5.02 Å². The van der Waals surface area contributed by atoms with Crippen molar-refractivity contribution >= 4 is 17.5 Å². The number of H-pyrrole nitrogens is 1. The van der Waals surface area contributed by atoms with Gasteiger partial charge in [0, 0.05) is 41.4 Å². The Bertz CT molecular complexity index is 979. The number of rotatable bonds is 2. The van der Waals surface area contributed by atoms with Crippen LogP contribution in [0.3, 0.4) is 0 Å². The van der Waals surface area contributed by atoms with E-state index in [1.54, 1.807) is 30.0 Å². The Morgan fingerprint density at radius 3 is 2.77 bits per heavy atom. The number of aromatic nitrogens is 2. The van der Waals surface area contributed by atoms with Gasteiger partial charge in [0.1, 0.15) is 5.75 Å². The SMILES string of the molecule is Cc1cccc(C(=O)N2CCc3[nH]nc(-c4ccc(Cl)cc4)c3C2)c1O. The molecule has 1 aromatic heterocycles. The Hall–Kier alpha value is -2.79. The fourth-order valence-electron chi connectivity index (χ4n) is 3.32. The average molecular weight is 368 g/mol. The fraction of sp³-hybridized carbons (Fsp3) is 0.200. The summed E-state index contributed by atoms with van der Waals surface area (Å²) in [5, 5.41) is 18.4. The van der Waals surface area contributed by atoms with Crippen LogP contribution in [0.4, 0.5) is 0 Å². The first kappa shape index (κ1) is 16.7. The van der Waals surface area contributed by atoms with Crippen LogP contribution in [-0.2, 0) is 13.0 Å². The lowest BCUT2D eigenvalue weighted by Crippen LogP contribution is -2.36. The number of nitrogens with one attached hydrogen (secondary N) is 1. The second-order valence-corrected chi connectivity index (χ2v) is 6.92. The third-order valence-electron chi connectivity index (χ3n) is 4.81. The van der Waals surface area contributed by atoms with Crippen LogP contribution < -0.4 is 0 Å². The summed E-state index contributed by atoms with van der Waals surface area (Å²) >= 11 is 5.97. The molecule has 1 aliphatic heterocycles. The van der Waals surface area contributed by atoms with Crippen molar-refractivity contribution in [3.8, 4) is 17.0 Å². The highest BCUT2D eigenvalue weighted by Crippen LogP contribution is 2.31. The van der Waals surface area contributed by atoms with Gasteiger partial charge in [0.25, 0.3) is 5.91 Å². The van der Waals surface area contributed by atoms with Crippen molar-refractivity contribution in [3.63, 3.8) is 0 Å². The number of benzene rings is 2. The molecule has 3 aromatic rings. The van der Waals surface area contributed by atoms with Crippen molar-refractivity contribution in [2.45, 2.75) is 19.9 Å². The van der Waals surface area contributed by atoms with Crippen molar-refractivity contribution < 1.29 is 9.90 Å². The number of hydrogen-bond acceptors (Lipinski definition) is 3. The molecule has 1 aliphatic rings. The Labute approximate surface area is 156 Å². The molecule has 132 valence electrons. The number of amides is 1. The molecule has 2 aromatic carbocycles. The molecule has 0 unspecified atom stereocenters. The second kappa shape index (κ2) is 6.50. The summed E-state index contributed by atoms with van der Waals surface area (Å²) < 4.78 is 0. The van der Waals surface area contributed by atoms with E-state index in [1.165, 1.54) is 0 Å². The minimum absolute atomic E-state index is 0.0495. The van der Waals surface area contributed by atoms with Crippen LogP contribution in [0.1, 0.15) is 27.2 Å². The lowest BCUT2D eigenvalue weighted by atomic mass is 10.00. The number of carbonyl (C=O) groups is 1. The minimum Gasteiger partial charge on any atom is -0.507 e. The van der Waals surface area contributed by atoms with E-state index in [-0.39, 0.29) is 11.7 Å². The van der Waals surface area contributed by atoms with E-state index >= 15 is 0 Å². The van der Waals surface area contributed by atoms with Crippen LogP contribution in [0.15, 0.2) is 42.5 Å². The average Bonchev–Trinajstić information content (AvgIpc) is 3.07. The predicted molar refractivity (Wildman–Crippen MR) is 100 cm³/mol. The minimum atomic E-state index is -0.167. The maximum absolute atomic E-state index is 12.9. The number of phenolic OH excluding ortho intramolecular Hbond substituents is 1. The number of aromatic hydroxyl groups is 1. The maximum Gasteiger partial charge on any atom is 0.257 e. The number of carbonyl (C=O) groups excluding carboxylic acids is 1. The first-order valence-corrected chi connectivity index (χ1v) is 8.82. The van der Waals surface area contributed by atoms with E-state index in [4.69, 9.17) is 11.6 Å². The van der Waals surface area contributed by atoms with E-state index < -0.39 is 0 Å². The zero-order valence-electron chi connectivity index (χ0n) is 14.3. The van der Waals surface area contributed by atoms with Crippen LogP contribution in [0.5, 0.6) is 5.75 Å². The number of aryl methyl sites for hydroxylation is 1. The molecule has 2 heterocycles. The van der Waals surface area contributed by atoms with E-state index in [1.807, 2.05) is 24.3 Å². The van der Waals surface area contributed by atoms with Gasteiger partial charge in [-0.1, -0.05) is 35.9 Å². The van der Waals surface area contributed by atoms with E-state index in [2.05, 4.69) is 10.2 Å². The van der Waals surface area contributed by atoms with Crippen molar-refractivity contribution in [1.29, 1.82) is 0 Å². The topological polar surface area (TPSA) is 69.2 Å². The Kier molecular flexibility index (Phi) is 4.17. The monoisotopic (exact) mass is 367 g/mol. The van der Waals surface area contributed by atoms with Crippen molar-refractivity contribution in [3.05, 3.63) is 69.9 Å². The standard InChI is InChI=1S/C20H18ClN3O2/c1-12-3-2-4-15(19(12)25)20(26)24-10-9-17-16(11-24)18(23-22-17)13-5-7-14(21)8-6-13/h2-8,25H,9-11H2,1H3,(H,22,23). The quantitative estimate of drug-likeness (QED) is 0.720. The number of halogens is 1. The lowest BCUT2D eigenvalue weighted by Gasteiger charge is -2.27. The Morgan fingerprint density at radius 1 is 1.23 bits per heavy atom. The molecule has 0 radical (unpaired) electrons. The number of hydrogen-bond donors (Lipinski definition) is 2. The first-order valence-electron chi connectivity index (χ1n) is 8.44. The Morgan fingerprint density at radius 2 is 2.00 bits per heavy atom. The molecule has 1 amide bonds. The van der Waals surface area contributed by atoms with Crippen molar-refractivity contribution in [2.75, 3.05) is 6.54 Å². The molecule has 0 saturated carbocycles. The largest absolute Gasteiger partial charge is 0.507 e. The molecule has 6 heteroatoms. The first-order chi connectivity index (χ1) is 12.5. The molecule has 0 bridgehead atoms. The van der Waals surface area contributed by atoms with Gasteiger partial charge < -0.3 is 10.0 Å². The predicted octanol–water partition coefficient (Wildman–Crippen LogP) is 3.94. The number of phenols is 1.